The predicted octanol–water partition coefficient (Wildman–Crippen LogP) is 0.0494. The Morgan fingerprint density at radius 2 is 1.55 bits per heavy atom. The van der Waals surface area contributed by atoms with E-state index in [1.54, 1.807) is 13.0 Å². The molecule has 2 saturated heterocycles. The minimum absolute atomic E-state index is 0.0291. The number of ketones is 1. The third-order valence-corrected chi connectivity index (χ3v) is 11.3. The molecule has 24 nitrogen and oxygen atoms in total. The number of imidazole rings is 2. The van der Waals surface area contributed by atoms with E-state index in [9.17, 15) is 39.6 Å². The highest BCUT2D eigenvalue weighted by atomic mass is 16.6. The second kappa shape index (κ2) is 20.5. The number of esters is 1. The molecule has 2 aliphatic heterocycles. The van der Waals surface area contributed by atoms with Gasteiger partial charge in [0.1, 0.15) is 42.4 Å². The third-order valence-electron chi connectivity index (χ3n) is 11.3. The average molecular weight is 903 g/mol. The maximum atomic E-state index is 12.3. The number of hydrogen-bond donors (Lipinski definition) is 8. The second-order valence-corrected chi connectivity index (χ2v) is 15.6. The van der Waals surface area contributed by atoms with Gasteiger partial charge in [-0.25, -0.2) is 29.9 Å². The molecule has 1 aliphatic carbocycles. The first-order chi connectivity index (χ1) is 31.3. The third kappa shape index (κ3) is 9.89. The van der Waals surface area contributed by atoms with Gasteiger partial charge in [-0.3, -0.25) is 39.2 Å². The summed E-state index contributed by atoms with van der Waals surface area (Å²) < 4.78 is 24.0. The summed E-state index contributed by atoms with van der Waals surface area (Å²) in [6.07, 6.45) is 0.176. The SMILES string of the molecule is CCCC(=O)[C@H]1O[C@@H](n2cnc3c(N)nc(C#CCC4CCC(C(=O)OC)CC4)nc32)C(O)[C@H]1O.CCNC(=O)[C@H]1O[C@@H](n2cnc3c(NNC(=O)c4ccco4)ncnc32)[C@H](O)[C@@H]1O. The van der Waals surface area contributed by atoms with Crippen LogP contribution in [0.5, 0.6) is 0 Å². The summed E-state index contributed by atoms with van der Waals surface area (Å²) >= 11 is 0. The van der Waals surface area contributed by atoms with Crippen LogP contribution < -0.4 is 21.9 Å². The Morgan fingerprint density at radius 1 is 0.877 bits per heavy atom. The maximum absolute atomic E-state index is 12.3. The van der Waals surface area contributed by atoms with E-state index < -0.39 is 60.9 Å². The number of nitrogen functional groups attached to an aromatic ring is 1. The number of nitrogens with zero attached hydrogens (tertiary/aromatic N) is 8. The van der Waals surface area contributed by atoms with Crippen molar-refractivity contribution in [3.05, 3.63) is 49.0 Å². The number of furan rings is 1. The molecule has 5 aromatic rings. The van der Waals surface area contributed by atoms with Crippen LogP contribution >= 0.6 is 0 Å². The summed E-state index contributed by atoms with van der Waals surface area (Å²) in [5.41, 5.74) is 12.3. The molecule has 0 radical (unpaired) electrons. The Balaban J connectivity index is 0.000000196. The van der Waals surface area contributed by atoms with E-state index >= 15 is 0 Å². The van der Waals surface area contributed by atoms with Gasteiger partial charge < -0.3 is 50.1 Å². The molecular formula is C41H50N12O12. The number of fused-ring (bicyclic) bond motifs is 2. The zero-order chi connectivity index (χ0) is 46.4. The molecule has 0 aromatic carbocycles. The number of carbonyl (C=O) groups is 4. The first-order valence-corrected chi connectivity index (χ1v) is 21.0. The summed E-state index contributed by atoms with van der Waals surface area (Å²) in [6, 6.07) is 3.07. The molecule has 5 aromatic heterocycles. The number of aliphatic hydroxyl groups excluding tert-OH is 4. The van der Waals surface area contributed by atoms with E-state index in [4.69, 9.17) is 24.4 Å². The smallest absolute Gasteiger partial charge is 0.308 e. The summed E-state index contributed by atoms with van der Waals surface area (Å²) in [7, 11) is 1.42. The largest absolute Gasteiger partial charge is 0.469 e. The van der Waals surface area contributed by atoms with E-state index in [0.29, 0.717) is 36.5 Å². The van der Waals surface area contributed by atoms with Crippen molar-refractivity contribution in [2.24, 2.45) is 11.8 Å². The van der Waals surface area contributed by atoms with Crippen LogP contribution in [-0.2, 0) is 28.6 Å². The van der Waals surface area contributed by atoms with Gasteiger partial charge in [0.05, 0.1) is 31.9 Å². The number of Topliss-reactive ketones (excluding diaryl/α,β-unsaturated/α-hetero) is 1. The molecule has 346 valence electrons. The fourth-order valence-electron chi connectivity index (χ4n) is 7.86. The number of ether oxygens (including phenoxy) is 3. The minimum atomic E-state index is -1.42. The number of amides is 2. The van der Waals surface area contributed by atoms with Crippen molar-refractivity contribution >= 4 is 57.5 Å². The van der Waals surface area contributed by atoms with Crippen LogP contribution in [0, 0.1) is 23.7 Å². The van der Waals surface area contributed by atoms with Crippen LogP contribution in [0.4, 0.5) is 11.6 Å². The molecule has 3 fully saturated rings. The monoisotopic (exact) mass is 902 g/mol. The van der Waals surface area contributed by atoms with Gasteiger partial charge in [0.15, 0.2) is 58.6 Å². The number of aromatic nitrogens is 8. The first-order valence-electron chi connectivity index (χ1n) is 21.0. The van der Waals surface area contributed by atoms with Crippen LogP contribution in [0.3, 0.4) is 0 Å². The molecule has 65 heavy (non-hydrogen) atoms. The lowest BCUT2D eigenvalue weighted by atomic mass is 9.81. The Hall–Kier alpha value is -6.62. The van der Waals surface area contributed by atoms with Crippen molar-refractivity contribution in [3.8, 4) is 11.8 Å². The van der Waals surface area contributed by atoms with Crippen LogP contribution in [0.15, 0.2) is 41.8 Å². The van der Waals surface area contributed by atoms with Crippen LogP contribution in [0.25, 0.3) is 22.3 Å². The number of likely N-dealkylation sites (N-methyl/N-ethyl adjacent to an activating group) is 1. The van der Waals surface area contributed by atoms with E-state index in [2.05, 4.69) is 57.9 Å². The van der Waals surface area contributed by atoms with Gasteiger partial charge in [-0.2, -0.15) is 0 Å². The minimum Gasteiger partial charge on any atom is -0.469 e. The Bertz CT molecular complexity index is 2550. The maximum Gasteiger partial charge on any atom is 0.308 e. The fraction of sp³-hybridized carbons (Fsp3) is 0.512. The van der Waals surface area contributed by atoms with Crippen molar-refractivity contribution in [2.75, 3.05) is 24.8 Å². The topological polar surface area (TPSA) is 339 Å². The molecule has 7 heterocycles. The molecule has 0 bridgehead atoms. The summed E-state index contributed by atoms with van der Waals surface area (Å²) in [5, 5.41) is 44.1. The summed E-state index contributed by atoms with van der Waals surface area (Å²) in [4.78, 5) is 73.3. The zero-order valence-corrected chi connectivity index (χ0v) is 35.6. The molecule has 2 amide bonds. The number of carbonyl (C=O) groups excluding carboxylic acids is 4. The summed E-state index contributed by atoms with van der Waals surface area (Å²) in [6.45, 7) is 3.94. The molecular weight excluding hydrogens is 853 g/mol. The summed E-state index contributed by atoms with van der Waals surface area (Å²) in [5.74, 6) is 5.57. The van der Waals surface area contributed by atoms with Gasteiger partial charge >= 0.3 is 11.9 Å². The molecule has 0 spiro atoms. The van der Waals surface area contributed by atoms with Crippen LogP contribution in [0.2, 0.25) is 0 Å². The van der Waals surface area contributed by atoms with Crippen molar-refractivity contribution in [2.45, 2.75) is 108 Å². The lowest BCUT2D eigenvalue weighted by Crippen LogP contribution is -2.42. The predicted molar refractivity (Wildman–Crippen MR) is 224 cm³/mol. The van der Waals surface area contributed by atoms with Gasteiger partial charge in [-0.1, -0.05) is 12.8 Å². The molecule has 8 atom stereocenters. The van der Waals surface area contributed by atoms with Gasteiger partial charge in [0, 0.05) is 19.4 Å². The number of nitrogens with two attached hydrogens (primary N) is 1. The quantitative estimate of drug-likeness (QED) is 0.0466. The molecule has 8 rings (SSSR count). The van der Waals surface area contributed by atoms with E-state index in [1.807, 2.05) is 6.92 Å². The van der Waals surface area contributed by atoms with Crippen LogP contribution in [-0.4, -0.2) is 133 Å². The lowest BCUT2D eigenvalue weighted by molar-refractivity contribution is -0.146. The van der Waals surface area contributed by atoms with E-state index in [-0.39, 0.29) is 58.5 Å². The van der Waals surface area contributed by atoms with Crippen molar-refractivity contribution in [3.63, 3.8) is 0 Å². The first kappa shape index (κ1) is 46.4. The molecule has 1 unspecified atom stereocenters. The van der Waals surface area contributed by atoms with Crippen molar-refractivity contribution in [1.82, 2.24) is 49.8 Å². The zero-order valence-electron chi connectivity index (χ0n) is 35.6. The second-order valence-electron chi connectivity index (χ2n) is 15.6. The van der Waals surface area contributed by atoms with Gasteiger partial charge in [-0.15, -0.1) is 0 Å². The van der Waals surface area contributed by atoms with Gasteiger partial charge in [-0.05, 0) is 63.0 Å². The lowest BCUT2D eigenvalue weighted by Gasteiger charge is -2.25. The number of nitrogens with one attached hydrogen (secondary N) is 3. The van der Waals surface area contributed by atoms with Crippen LogP contribution in [0.1, 0.15) is 87.6 Å². The number of anilines is 2. The standard InChI is InChI=1S/C24H31N5O6.C17H19N7O6/c1-3-5-15(30)20-18(31)19(32)23(35-20)29-12-26-17-21(25)27-16(28-22(17)29)7-4-6-13-8-10-14(11-9-13)24(33)34-2;1-2-18-16(28)12-10(25)11(26)17(30-12)24-7-21-9-13(19-6-20-14(9)24)22-23-15(27)8-4-3-5-29-8/h12-14,18-20,23,31-32H,3,5-6,8-11H2,1-2H3,(H2,25,27,28);3-7,10-12,17,25-26H,2H2,1H3,(H,18,28)(H,23,27)(H,19,20,22)/t13?,14?,18-,19?,20-,23-;10-,11+,12-,17+/m10/s1. The normalized spacial score (nSPS) is 26.1. The fourth-order valence-corrected chi connectivity index (χ4v) is 7.86. The van der Waals surface area contributed by atoms with E-state index in [0.717, 1.165) is 25.7 Å². The Kier molecular flexibility index (Phi) is 14.6. The molecule has 24 heteroatoms. The number of rotatable bonds is 12. The van der Waals surface area contributed by atoms with Gasteiger partial charge in [0.2, 0.25) is 5.82 Å². The number of aliphatic hydroxyl groups is 4. The molecule has 1 saturated carbocycles. The average Bonchev–Trinajstić information content (AvgIpc) is 4.16. The Morgan fingerprint density at radius 3 is 2.22 bits per heavy atom. The number of methoxy groups -OCH3 is 1. The van der Waals surface area contributed by atoms with E-state index in [1.165, 1.54) is 47.6 Å². The number of hydrazine groups is 1. The van der Waals surface area contributed by atoms with Crippen molar-refractivity contribution < 1.29 is 58.2 Å². The highest BCUT2D eigenvalue weighted by Crippen LogP contribution is 2.35. The Labute approximate surface area is 370 Å². The highest BCUT2D eigenvalue weighted by molar-refractivity contribution is 5.93. The molecule has 9 N–H and O–H groups in total. The highest BCUT2D eigenvalue weighted by Gasteiger charge is 2.48. The van der Waals surface area contributed by atoms with Gasteiger partial charge in [0.25, 0.3) is 5.91 Å². The van der Waals surface area contributed by atoms with Crippen molar-refractivity contribution in [1.29, 1.82) is 0 Å². The number of hydrogen-bond acceptors (Lipinski definition) is 20. The molecule has 3 aliphatic rings.